The molecule has 0 N–H and O–H groups in total. The fourth-order valence-electron chi connectivity index (χ4n) is 4.12. The molecule has 1 amide bonds. The first-order valence-electron chi connectivity index (χ1n) is 9.30. The van der Waals surface area contributed by atoms with Crippen LogP contribution in [0.5, 0.6) is 0 Å². The number of nitrogens with zero attached hydrogens (tertiary/aromatic N) is 4. The zero-order valence-electron chi connectivity index (χ0n) is 14.6. The Balaban J connectivity index is 1.29. The van der Waals surface area contributed by atoms with Crippen molar-refractivity contribution < 1.29 is 9.53 Å². The van der Waals surface area contributed by atoms with Crippen molar-refractivity contribution in [1.29, 1.82) is 0 Å². The summed E-state index contributed by atoms with van der Waals surface area (Å²) in [5.41, 5.74) is 1.20. The number of aryl methyl sites for hydroxylation is 1. The summed E-state index contributed by atoms with van der Waals surface area (Å²) < 4.78 is 7.48. The number of ether oxygens (including phenoxy) is 1. The number of rotatable bonds is 4. The Kier molecular flexibility index (Phi) is 4.59. The highest BCUT2D eigenvalue weighted by atomic mass is 16.5. The van der Waals surface area contributed by atoms with Gasteiger partial charge in [-0.1, -0.05) is 0 Å². The Labute approximate surface area is 143 Å². The fraction of sp³-hybridized carbons (Fsp3) is 0.778. The lowest BCUT2D eigenvalue weighted by molar-refractivity contribution is -0.142. The molecule has 1 unspecified atom stereocenters. The first-order chi connectivity index (χ1) is 11.7. The summed E-state index contributed by atoms with van der Waals surface area (Å²) in [6, 6.07) is 2.46. The van der Waals surface area contributed by atoms with Crippen LogP contribution in [0.4, 0.5) is 0 Å². The molecular formula is C18H28N4O2. The highest BCUT2D eigenvalue weighted by Gasteiger charge is 2.39. The van der Waals surface area contributed by atoms with E-state index < -0.39 is 0 Å². The fourth-order valence-corrected chi connectivity index (χ4v) is 4.12. The van der Waals surface area contributed by atoms with E-state index in [0.717, 1.165) is 39.1 Å². The van der Waals surface area contributed by atoms with Crippen LogP contribution in [0.15, 0.2) is 12.3 Å². The molecule has 0 aromatic carbocycles. The first-order valence-corrected chi connectivity index (χ1v) is 9.30. The van der Waals surface area contributed by atoms with Crippen LogP contribution < -0.4 is 0 Å². The van der Waals surface area contributed by atoms with Gasteiger partial charge >= 0.3 is 0 Å². The molecule has 0 spiro atoms. The Morgan fingerprint density at radius 1 is 1.25 bits per heavy atom. The maximum Gasteiger partial charge on any atom is 0.237 e. The van der Waals surface area contributed by atoms with Gasteiger partial charge in [-0.15, -0.1) is 0 Å². The van der Waals surface area contributed by atoms with Gasteiger partial charge in [0.1, 0.15) is 0 Å². The predicted molar refractivity (Wildman–Crippen MR) is 90.7 cm³/mol. The van der Waals surface area contributed by atoms with E-state index in [0.29, 0.717) is 36.9 Å². The number of carbonyl (C=O) groups excluding carboxylic acids is 1. The van der Waals surface area contributed by atoms with E-state index in [9.17, 15) is 4.79 Å². The van der Waals surface area contributed by atoms with Crippen molar-refractivity contribution in [3.05, 3.63) is 18.0 Å². The highest BCUT2D eigenvalue weighted by molar-refractivity contribution is 5.78. The molecule has 1 atom stereocenters. The number of morpholine rings is 1. The summed E-state index contributed by atoms with van der Waals surface area (Å²) in [6.45, 7) is 4.74. The van der Waals surface area contributed by atoms with Gasteiger partial charge in [0, 0.05) is 25.7 Å². The average Bonchev–Trinajstić information content (AvgIpc) is 3.37. The second kappa shape index (κ2) is 6.84. The molecule has 3 heterocycles. The summed E-state index contributed by atoms with van der Waals surface area (Å²) in [7, 11) is 1.97. The van der Waals surface area contributed by atoms with Crippen LogP contribution in [-0.4, -0.2) is 70.9 Å². The molecule has 1 aliphatic carbocycles. The number of carbonyl (C=O) groups is 1. The summed E-state index contributed by atoms with van der Waals surface area (Å²) >= 11 is 0. The van der Waals surface area contributed by atoms with E-state index in [4.69, 9.17) is 4.74 Å². The molecule has 6 nitrogen and oxygen atoms in total. The minimum Gasteiger partial charge on any atom is -0.377 e. The smallest absolute Gasteiger partial charge is 0.237 e. The minimum atomic E-state index is 0.298. The Morgan fingerprint density at radius 3 is 2.71 bits per heavy atom. The van der Waals surface area contributed by atoms with E-state index in [2.05, 4.69) is 21.0 Å². The van der Waals surface area contributed by atoms with Gasteiger partial charge in [0.25, 0.3) is 0 Å². The monoisotopic (exact) mass is 332 g/mol. The van der Waals surface area contributed by atoms with Gasteiger partial charge in [-0.2, -0.15) is 5.10 Å². The molecule has 2 saturated heterocycles. The molecule has 1 aromatic heterocycles. The molecule has 0 radical (unpaired) electrons. The number of aromatic nitrogens is 2. The first kappa shape index (κ1) is 16.1. The van der Waals surface area contributed by atoms with Crippen molar-refractivity contribution in [1.82, 2.24) is 19.6 Å². The molecule has 1 saturated carbocycles. The lowest BCUT2D eigenvalue weighted by Gasteiger charge is -2.38. The van der Waals surface area contributed by atoms with Gasteiger partial charge in [-0.25, -0.2) is 0 Å². The summed E-state index contributed by atoms with van der Waals surface area (Å²) in [4.78, 5) is 17.2. The van der Waals surface area contributed by atoms with Gasteiger partial charge in [0.05, 0.1) is 31.5 Å². The summed E-state index contributed by atoms with van der Waals surface area (Å²) in [6.07, 6.45) is 6.72. The summed E-state index contributed by atoms with van der Waals surface area (Å²) in [5, 5.41) is 4.54. The van der Waals surface area contributed by atoms with Crippen LogP contribution in [0.3, 0.4) is 0 Å². The van der Waals surface area contributed by atoms with Crippen molar-refractivity contribution in [3.63, 3.8) is 0 Å². The number of hydrogen-bond donors (Lipinski definition) is 0. The number of piperidine rings is 1. The van der Waals surface area contributed by atoms with Gasteiger partial charge < -0.3 is 9.64 Å². The second-order valence-electron chi connectivity index (χ2n) is 7.53. The van der Waals surface area contributed by atoms with Crippen molar-refractivity contribution >= 4 is 5.91 Å². The van der Waals surface area contributed by atoms with Crippen LogP contribution in [0.25, 0.3) is 0 Å². The van der Waals surface area contributed by atoms with Gasteiger partial charge in [-0.3, -0.25) is 14.4 Å². The molecule has 4 rings (SSSR count). The molecule has 2 aliphatic heterocycles. The average molecular weight is 332 g/mol. The van der Waals surface area contributed by atoms with Gasteiger partial charge in [-0.05, 0) is 50.8 Å². The third kappa shape index (κ3) is 3.49. The third-order valence-electron chi connectivity index (χ3n) is 5.75. The van der Waals surface area contributed by atoms with E-state index in [1.54, 1.807) is 0 Å². The van der Waals surface area contributed by atoms with Gasteiger partial charge in [0.15, 0.2) is 0 Å². The lowest BCUT2D eigenvalue weighted by Crippen LogP contribution is -2.53. The molecule has 3 fully saturated rings. The maximum atomic E-state index is 12.8. The zero-order chi connectivity index (χ0) is 16.5. The van der Waals surface area contributed by atoms with E-state index in [1.165, 1.54) is 18.5 Å². The van der Waals surface area contributed by atoms with Gasteiger partial charge in [0.2, 0.25) is 5.91 Å². The third-order valence-corrected chi connectivity index (χ3v) is 5.75. The van der Waals surface area contributed by atoms with E-state index in [-0.39, 0.29) is 0 Å². The minimum absolute atomic E-state index is 0.298. The number of hydrogen-bond acceptors (Lipinski definition) is 4. The van der Waals surface area contributed by atoms with Crippen LogP contribution >= 0.6 is 0 Å². The zero-order valence-corrected chi connectivity index (χ0v) is 14.6. The molecule has 3 aliphatic rings. The Bertz CT molecular complexity index is 575. The number of likely N-dealkylation sites (tertiary alicyclic amines) is 1. The second-order valence-corrected chi connectivity index (χ2v) is 7.53. The van der Waals surface area contributed by atoms with Crippen molar-refractivity contribution in [2.75, 3.05) is 39.4 Å². The largest absolute Gasteiger partial charge is 0.377 e. The quantitative estimate of drug-likeness (QED) is 0.832. The molecule has 1 aromatic rings. The molecule has 0 bridgehead atoms. The molecule has 24 heavy (non-hydrogen) atoms. The predicted octanol–water partition coefficient (Wildman–Crippen LogP) is 1.24. The van der Waals surface area contributed by atoms with Crippen LogP contribution in [-0.2, 0) is 16.6 Å². The topological polar surface area (TPSA) is 50.6 Å². The molecular weight excluding hydrogens is 304 g/mol. The van der Waals surface area contributed by atoms with Crippen LogP contribution in [0.1, 0.15) is 37.3 Å². The molecule has 6 heteroatoms. The van der Waals surface area contributed by atoms with Crippen molar-refractivity contribution in [2.24, 2.45) is 13.0 Å². The number of amides is 1. The van der Waals surface area contributed by atoms with Crippen LogP contribution in [0, 0.1) is 5.92 Å². The van der Waals surface area contributed by atoms with E-state index >= 15 is 0 Å². The SMILES string of the molecule is Cn1ccc(C2CCN(CC(=O)N3CCOCC3C3CC3)CC2)n1. The van der Waals surface area contributed by atoms with E-state index in [1.807, 2.05) is 17.9 Å². The summed E-state index contributed by atoms with van der Waals surface area (Å²) in [5.74, 6) is 1.52. The normalized spacial score (nSPS) is 26.7. The molecule has 132 valence electrons. The van der Waals surface area contributed by atoms with Crippen molar-refractivity contribution in [3.8, 4) is 0 Å². The lowest BCUT2D eigenvalue weighted by atomic mass is 9.94. The standard InChI is InChI=1S/C18H28N4O2/c1-20-7-6-16(19-20)14-4-8-21(9-5-14)12-18(23)22-10-11-24-13-17(22)15-2-3-15/h6-7,14-15,17H,2-5,8-13H2,1H3. The highest BCUT2D eigenvalue weighted by Crippen LogP contribution is 2.36. The van der Waals surface area contributed by atoms with Crippen molar-refractivity contribution in [2.45, 2.75) is 37.6 Å². The Hall–Kier alpha value is -1.40. The Morgan fingerprint density at radius 2 is 2.04 bits per heavy atom. The maximum absolute atomic E-state index is 12.8. The van der Waals surface area contributed by atoms with Crippen LogP contribution in [0.2, 0.25) is 0 Å².